The van der Waals surface area contributed by atoms with E-state index in [4.69, 9.17) is 15.3 Å². The van der Waals surface area contributed by atoms with Crippen LogP contribution >= 0.6 is 0 Å². The van der Waals surface area contributed by atoms with Gasteiger partial charge in [0, 0.05) is 19.3 Å². The fourth-order valence-electron chi connectivity index (χ4n) is 5.95. The standard InChI is InChI=1S/C32H60O7/c1-27(28(2)33)32(24-18-12-6-3-9-15-21-29(34)35,25-19-13-7-4-10-16-22-30(36)37)26-20-14-8-5-11-17-23-31(38)39/h27-28,33H,3-26H2,1-2H3,(H,34,35)(H,36,37)(H,38,39). The van der Waals surface area contributed by atoms with Gasteiger partial charge in [0.1, 0.15) is 0 Å². The van der Waals surface area contributed by atoms with Crippen molar-refractivity contribution in [1.29, 1.82) is 0 Å². The number of aliphatic carboxylic acids is 3. The molecule has 0 aromatic carbocycles. The fourth-order valence-corrected chi connectivity index (χ4v) is 5.95. The topological polar surface area (TPSA) is 132 Å². The number of rotatable bonds is 29. The number of aliphatic hydroxyl groups is 1. The van der Waals surface area contributed by atoms with Crippen LogP contribution in [0.4, 0.5) is 0 Å². The monoisotopic (exact) mass is 556 g/mol. The number of carboxylic acid groups (broad SMARTS) is 3. The maximum atomic E-state index is 10.7. The van der Waals surface area contributed by atoms with Crippen LogP contribution in [0.25, 0.3) is 0 Å². The molecule has 0 spiro atoms. The van der Waals surface area contributed by atoms with Crippen molar-refractivity contribution in [1.82, 2.24) is 0 Å². The molecule has 7 nitrogen and oxygen atoms in total. The zero-order valence-electron chi connectivity index (χ0n) is 25.1. The molecule has 0 aliphatic carbocycles. The van der Waals surface area contributed by atoms with E-state index in [1.54, 1.807) is 0 Å². The van der Waals surface area contributed by atoms with Crippen molar-refractivity contribution in [2.24, 2.45) is 11.3 Å². The number of unbranched alkanes of at least 4 members (excludes halogenated alkanes) is 15. The average molecular weight is 557 g/mol. The molecule has 0 saturated heterocycles. The molecule has 4 N–H and O–H groups in total. The van der Waals surface area contributed by atoms with Crippen molar-refractivity contribution < 1.29 is 34.8 Å². The summed E-state index contributed by atoms with van der Waals surface area (Å²) in [5.41, 5.74) is 0.115. The van der Waals surface area contributed by atoms with Crippen LogP contribution in [0.5, 0.6) is 0 Å². The van der Waals surface area contributed by atoms with Crippen molar-refractivity contribution >= 4 is 17.9 Å². The van der Waals surface area contributed by atoms with E-state index < -0.39 is 17.9 Å². The number of hydrogen-bond donors (Lipinski definition) is 4. The van der Waals surface area contributed by atoms with Crippen LogP contribution in [0.15, 0.2) is 0 Å². The Morgan fingerprint density at radius 2 is 0.692 bits per heavy atom. The molecule has 230 valence electrons. The zero-order chi connectivity index (χ0) is 29.4. The van der Waals surface area contributed by atoms with Gasteiger partial charge in [-0.05, 0) is 56.8 Å². The van der Waals surface area contributed by atoms with Gasteiger partial charge in [0.25, 0.3) is 0 Å². The molecule has 0 fully saturated rings. The highest BCUT2D eigenvalue weighted by molar-refractivity contribution is 5.67. The van der Waals surface area contributed by atoms with Gasteiger partial charge in [-0.2, -0.15) is 0 Å². The van der Waals surface area contributed by atoms with Crippen molar-refractivity contribution in [3.05, 3.63) is 0 Å². The summed E-state index contributed by atoms with van der Waals surface area (Å²) < 4.78 is 0. The summed E-state index contributed by atoms with van der Waals surface area (Å²) in [6, 6.07) is 0. The summed E-state index contributed by atoms with van der Waals surface area (Å²) in [6.07, 6.45) is 22.4. The molecule has 0 saturated carbocycles. The minimum absolute atomic E-state index is 0.115. The lowest BCUT2D eigenvalue weighted by atomic mass is 9.64. The third kappa shape index (κ3) is 21.8. The molecule has 0 bridgehead atoms. The Kier molecular flexibility index (Phi) is 23.2. The molecular formula is C32H60O7. The highest BCUT2D eigenvalue weighted by Gasteiger charge is 2.36. The van der Waals surface area contributed by atoms with E-state index >= 15 is 0 Å². The van der Waals surface area contributed by atoms with Crippen LogP contribution in [0.3, 0.4) is 0 Å². The molecule has 0 radical (unpaired) electrons. The van der Waals surface area contributed by atoms with E-state index in [1.807, 2.05) is 6.92 Å². The van der Waals surface area contributed by atoms with Gasteiger partial charge in [-0.15, -0.1) is 0 Å². The Morgan fingerprint density at radius 3 is 0.923 bits per heavy atom. The van der Waals surface area contributed by atoms with Gasteiger partial charge in [0.05, 0.1) is 6.10 Å². The maximum absolute atomic E-state index is 10.7. The largest absolute Gasteiger partial charge is 0.481 e. The van der Waals surface area contributed by atoms with Crippen LogP contribution < -0.4 is 0 Å². The van der Waals surface area contributed by atoms with Crippen LogP contribution in [0, 0.1) is 11.3 Å². The van der Waals surface area contributed by atoms with E-state index in [2.05, 4.69) is 6.92 Å². The minimum Gasteiger partial charge on any atom is -0.481 e. The van der Waals surface area contributed by atoms with E-state index in [1.165, 1.54) is 0 Å². The zero-order valence-corrected chi connectivity index (χ0v) is 25.1. The normalized spacial score (nSPS) is 13.3. The molecule has 0 aliphatic heterocycles. The second-order valence-electron chi connectivity index (χ2n) is 11.9. The van der Waals surface area contributed by atoms with Crippen molar-refractivity contribution in [2.75, 3.05) is 0 Å². The van der Waals surface area contributed by atoms with Crippen LogP contribution in [0.1, 0.15) is 168 Å². The third-order valence-corrected chi connectivity index (χ3v) is 8.64. The first kappa shape index (κ1) is 37.4. The van der Waals surface area contributed by atoms with Crippen molar-refractivity contribution in [3.63, 3.8) is 0 Å². The maximum Gasteiger partial charge on any atom is 0.303 e. The van der Waals surface area contributed by atoms with E-state index in [0.29, 0.717) is 0 Å². The lowest BCUT2D eigenvalue weighted by molar-refractivity contribution is -0.138. The molecule has 2 atom stereocenters. The summed E-state index contributed by atoms with van der Waals surface area (Å²) in [5, 5.41) is 37.1. The number of aliphatic hydroxyl groups excluding tert-OH is 1. The van der Waals surface area contributed by atoms with Gasteiger partial charge in [-0.1, -0.05) is 103 Å². The summed E-state index contributed by atoms with van der Waals surface area (Å²) >= 11 is 0. The molecule has 0 rings (SSSR count). The highest BCUT2D eigenvalue weighted by Crippen LogP contribution is 2.45. The predicted molar refractivity (Wildman–Crippen MR) is 157 cm³/mol. The lowest BCUT2D eigenvalue weighted by Gasteiger charge is -2.42. The second-order valence-corrected chi connectivity index (χ2v) is 11.9. The van der Waals surface area contributed by atoms with Gasteiger partial charge in [0.2, 0.25) is 0 Å². The molecule has 39 heavy (non-hydrogen) atoms. The Labute approximate surface area is 238 Å². The molecule has 2 unspecified atom stereocenters. The molecule has 0 aliphatic rings. The predicted octanol–water partition coefficient (Wildman–Crippen LogP) is 8.61. The number of carboxylic acids is 3. The minimum atomic E-state index is -0.715. The van der Waals surface area contributed by atoms with Gasteiger partial charge in [-0.25, -0.2) is 0 Å². The first-order chi connectivity index (χ1) is 18.6. The van der Waals surface area contributed by atoms with Gasteiger partial charge >= 0.3 is 17.9 Å². The highest BCUT2D eigenvalue weighted by atomic mass is 16.4. The first-order valence-electron chi connectivity index (χ1n) is 15.9. The molecule has 0 heterocycles. The molecular weight excluding hydrogens is 496 g/mol. The Hall–Kier alpha value is -1.63. The van der Waals surface area contributed by atoms with Crippen molar-refractivity contribution in [2.45, 2.75) is 174 Å². The Balaban J connectivity index is 4.80. The van der Waals surface area contributed by atoms with Gasteiger partial charge < -0.3 is 20.4 Å². The lowest BCUT2D eigenvalue weighted by Crippen LogP contribution is -2.35. The first-order valence-corrected chi connectivity index (χ1v) is 15.9. The third-order valence-electron chi connectivity index (χ3n) is 8.64. The number of carbonyl (C=O) groups is 3. The van der Waals surface area contributed by atoms with E-state index in [9.17, 15) is 19.5 Å². The summed E-state index contributed by atoms with van der Waals surface area (Å²) in [5.74, 6) is -1.92. The van der Waals surface area contributed by atoms with Gasteiger partial charge in [0.15, 0.2) is 0 Å². The summed E-state index contributed by atoms with van der Waals surface area (Å²) in [6.45, 7) is 4.14. The van der Waals surface area contributed by atoms with Crippen LogP contribution in [-0.4, -0.2) is 44.4 Å². The molecule has 7 heteroatoms. The smallest absolute Gasteiger partial charge is 0.303 e. The van der Waals surface area contributed by atoms with Crippen LogP contribution in [0.2, 0.25) is 0 Å². The molecule has 0 aromatic rings. The van der Waals surface area contributed by atoms with Crippen molar-refractivity contribution in [3.8, 4) is 0 Å². The molecule has 0 amide bonds. The average Bonchev–Trinajstić information content (AvgIpc) is 2.87. The summed E-state index contributed by atoms with van der Waals surface area (Å²) in [4.78, 5) is 32.1. The SMILES string of the molecule is CC(O)C(C)C(CCCCCCCCC(=O)O)(CCCCCCCCC(=O)O)CCCCCCCCC(=O)O. The quantitative estimate of drug-likeness (QED) is 0.0678. The Morgan fingerprint density at radius 1 is 0.462 bits per heavy atom. The number of hydrogen-bond acceptors (Lipinski definition) is 4. The van der Waals surface area contributed by atoms with Crippen LogP contribution in [-0.2, 0) is 14.4 Å². The Bertz CT molecular complexity index is 558. The van der Waals surface area contributed by atoms with E-state index in [-0.39, 0.29) is 36.7 Å². The summed E-state index contributed by atoms with van der Waals surface area (Å²) in [7, 11) is 0. The second kappa shape index (κ2) is 24.2. The van der Waals surface area contributed by atoms with Gasteiger partial charge in [-0.3, -0.25) is 14.4 Å². The van der Waals surface area contributed by atoms with E-state index in [0.717, 1.165) is 135 Å². The molecule has 0 aromatic heterocycles. The fraction of sp³-hybridized carbons (Fsp3) is 0.906.